The summed E-state index contributed by atoms with van der Waals surface area (Å²) in [5, 5.41) is 9.83. The van der Waals surface area contributed by atoms with E-state index in [9.17, 15) is 14.0 Å². The van der Waals surface area contributed by atoms with Gasteiger partial charge in [-0.15, -0.1) is 0 Å². The van der Waals surface area contributed by atoms with Gasteiger partial charge in [0.1, 0.15) is 17.1 Å². The van der Waals surface area contributed by atoms with Crippen molar-refractivity contribution in [2.45, 2.75) is 20.0 Å². The zero-order valence-electron chi connectivity index (χ0n) is 16.1. The molecule has 3 aromatic rings. The first-order valence-corrected chi connectivity index (χ1v) is 9.18. The normalized spacial score (nSPS) is 11.5. The van der Waals surface area contributed by atoms with Crippen LogP contribution in [0, 0.1) is 5.82 Å². The molecule has 1 unspecified atom stereocenters. The van der Waals surface area contributed by atoms with Crippen molar-refractivity contribution < 1.29 is 28.2 Å². The number of aliphatic carboxylic acids is 1. The molecule has 1 atom stereocenters. The molecule has 154 valence electrons. The van der Waals surface area contributed by atoms with E-state index in [-0.39, 0.29) is 23.0 Å². The van der Waals surface area contributed by atoms with Crippen LogP contribution in [-0.2, 0) is 9.53 Å². The lowest BCUT2D eigenvalue weighted by Crippen LogP contribution is -2.31. The van der Waals surface area contributed by atoms with E-state index >= 15 is 0 Å². The molecule has 0 spiro atoms. The minimum Gasteiger partial charge on any atom is -0.478 e. The van der Waals surface area contributed by atoms with E-state index in [1.54, 1.807) is 6.07 Å². The summed E-state index contributed by atoms with van der Waals surface area (Å²) in [6, 6.07) is 9.66. The summed E-state index contributed by atoms with van der Waals surface area (Å²) in [6.45, 7) is 3.85. The van der Waals surface area contributed by atoms with Gasteiger partial charge >= 0.3 is 11.6 Å². The number of carboxylic acids is 1. The second-order valence-electron chi connectivity index (χ2n) is 5.66. The fourth-order valence-electron chi connectivity index (χ4n) is 2.62. The highest BCUT2D eigenvalue weighted by molar-refractivity contribution is 6.33. The molecule has 1 N–H and O–H groups in total. The lowest BCUT2D eigenvalue weighted by Gasteiger charge is -2.15. The number of ether oxygens (including phenoxy) is 2. The van der Waals surface area contributed by atoms with Gasteiger partial charge in [-0.1, -0.05) is 25.4 Å². The maximum Gasteiger partial charge on any atom is 0.347 e. The van der Waals surface area contributed by atoms with E-state index in [2.05, 4.69) is 0 Å². The number of halogens is 2. The van der Waals surface area contributed by atoms with Crippen LogP contribution in [0.4, 0.5) is 4.39 Å². The van der Waals surface area contributed by atoms with Gasteiger partial charge in [0, 0.05) is 35.8 Å². The van der Waals surface area contributed by atoms with Gasteiger partial charge in [-0.05, 0) is 30.3 Å². The Balaban J connectivity index is 0.00000145. The topological polar surface area (TPSA) is 86.0 Å². The number of hydrogen-bond acceptors (Lipinski definition) is 5. The molecule has 0 saturated heterocycles. The van der Waals surface area contributed by atoms with E-state index in [4.69, 9.17) is 30.6 Å². The van der Waals surface area contributed by atoms with Crippen LogP contribution in [-0.4, -0.2) is 30.9 Å². The average molecular weight is 423 g/mol. The molecule has 0 fully saturated rings. The monoisotopic (exact) mass is 422 g/mol. The van der Waals surface area contributed by atoms with Gasteiger partial charge in [0.05, 0.1) is 11.6 Å². The van der Waals surface area contributed by atoms with Crippen LogP contribution in [0.3, 0.4) is 0 Å². The number of methoxy groups -OCH3 is 1. The Morgan fingerprint density at radius 1 is 1.17 bits per heavy atom. The Bertz CT molecular complexity index is 1060. The minimum atomic E-state index is -1.21. The minimum absolute atomic E-state index is 0.147. The highest BCUT2D eigenvalue weighted by atomic mass is 35.5. The van der Waals surface area contributed by atoms with Crippen molar-refractivity contribution in [1.82, 2.24) is 0 Å². The first kappa shape index (κ1) is 22.4. The molecule has 2 aromatic carbocycles. The van der Waals surface area contributed by atoms with Crippen LogP contribution in [0.2, 0.25) is 5.02 Å². The molecule has 8 heteroatoms. The lowest BCUT2D eigenvalue weighted by molar-refractivity contribution is -0.147. The number of rotatable bonds is 6. The standard InChI is InChI=1S/C19H14ClFO6.C2H6/c1-25-9-17(19(23)24)26-11-3-5-13-14(8-18(22)27-16(13)7-11)12-4-2-10(21)6-15(12)20;1-2/h2-8,17H,9H2,1H3,(H,23,24);1-2H3. The quantitative estimate of drug-likeness (QED) is 0.576. The van der Waals surface area contributed by atoms with Crippen LogP contribution >= 0.6 is 11.6 Å². The Morgan fingerprint density at radius 3 is 2.52 bits per heavy atom. The smallest absolute Gasteiger partial charge is 0.347 e. The first-order valence-electron chi connectivity index (χ1n) is 8.81. The molecule has 0 aliphatic heterocycles. The highest BCUT2D eigenvalue weighted by Gasteiger charge is 2.20. The van der Waals surface area contributed by atoms with Gasteiger partial charge in [-0.3, -0.25) is 0 Å². The molecule has 6 nitrogen and oxygen atoms in total. The van der Waals surface area contributed by atoms with Gasteiger partial charge < -0.3 is 19.0 Å². The zero-order valence-corrected chi connectivity index (χ0v) is 16.8. The lowest BCUT2D eigenvalue weighted by atomic mass is 10.0. The van der Waals surface area contributed by atoms with Crippen molar-refractivity contribution in [2.75, 3.05) is 13.7 Å². The Morgan fingerprint density at radius 2 is 1.90 bits per heavy atom. The fraction of sp³-hybridized carbons (Fsp3) is 0.238. The fourth-order valence-corrected chi connectivity index (χ4v) is 2.89. The molecular weight excluding hydrogens is 403 g/mol. The van der Waals surface area contributed by atoms with Crippen molar-refractivity contribution >= 4 is 28.5 Å². The largest absolute Gasteiger partial charge is 0.478 e. The summed E-state index contributed by atoms with van der Waals surface area (Å²) >= 11 is 6.11. The molecule has 0 amide bonds. The number of benzene rings is 2. The van der Waals surface area contributed by atoms with Crippen molar-refractivity contribution in [3.05, 3.63) is 63.7 Å². The Hall–Kier alpha value is -2.90. The van der Waals surface area contributed by atoms with E-state index in [0.29, 0.717) is 16.5 Å². The van der Waals surface area contributed by atoms with Gasteiger partial charge in [-0.25, -0.2) is 14.0 Å². The second-order valence-corrected chi connectivity index (χ2v) is 6.07. The zero-order chi connectivity index (χ0) is 21.6. The predicted octanol–water partition coefficient (Wildman–Crippen LogP) is 4.76. The number of carboxylic acid groups (broad SMARTS) is 1. The molecule has 0 aliphatic rings. The maximum atomic E-state index is 13.3. The number of hydrogen-bond donors (Lipinski definition) is 1. The van der Waals surface area contributed by atoms with Crippen LogP contribution in [0.1, 0.15) is 13.8 Å². The Labute approximate surface area is 171 Å². The second kappa shape index (κ2) is 10.0. The van der Waals surface area contributed by atoms with E-state index in [0.717, 1.165) is 6.07 Å². The third-order valence-corrected chi connectivity index (χ3v) is 4.12. The summed E-state index contributed by atoms with van der Waals surface area (Å²) in [4.78, 5) is 23.2. The summed E-state index contributed by atoms with van der Waals surface area (Å²) in [5.41, 5.74) is 0.468. The highest BCUT2D eigenvalue weighted by Crippen LogP contribution is 2.34. The summed E-state index contributed by atoms with van der Waals surface area (Å²) in [6.07, 6.45) is -1.21. The third-order valence-electron chi connectivity index (χ3n) is 3.81. The first-order chi connectivity index (χ1) is 13.9. The average Bonchev–Trinajstić information content (AvgIpc) is 2.68. The summed E-state index contributed by atoms with van der Waals surface area (Å²) in [5.74, 6) is -1.49. The SMILES string of the molecule is CC.COCC(Oc1ccc2c(-c3ccc(F)cc3Cl)cc(=O)oc2c1)C(=O)O. The molecule has 29 heavy (non-hydrogen) atoms. The molecule has 3 rings (SSSR count). The predicted molar refractivity (Wildman–Crippen MR) is 108 cm³/mol. The van der Waals surface area contributed by atoms with Gasteiger partial charge in [-0.2, -0.15) is 0 Å². The molecular formula is C21H20ClFO6. The van der Waals surface area contributed by atoms with Crippen molar-refractivity contribution in [2.24, 2.45) is 0 Å². The molecule has 0 aliphatic carbocycles. The van der Waals surface area contributed by atoms with E-state index in [1.165, 1.54) is 37.4 Å². The van der Waals surface area contributed by atoms with Crippen molar-refractivity contribution in [1.29, 1.82) is 0 Å². The Kier molecular flexibility index (Phi) is 7.75. The van der Waals surface area contributed by atoms with E-state index < -0.39 is 23.5 Å². The third kappa shape index (κ3) is 5.34. The van der Waals surface area contributed by atoms with Gasteiger partial charge in [0.15, 0.2) is 0 Å². The van der Waals surface area contributed by atoms with Crippen LogP contribution < -0.4 is 10.4 Å². The van der Waals surface area contributed by atoms with Gasteiger partial charge in [0.2, 0.25) is 6.10 Å². The summed E-state index contributed by atoms with van der Waals surface area (Å²) in [7, 11) is 1.36. The van der Waals surface area contributed by atoms with Crippen LogP contribution in [0.15, 0.2) is 51.7 Å². The molecule has 1 aromatic heterocycles. The number of carbonyl (C=O) groups is 1. The summed E-state index contributed by atoms with van der Waals surface area (Å²) < 4.78 is 28.7. The molecule has 0 saturated carbocycles. The number of fused-ring (bicyclic) bond motifs is 1. The molecule has 0 radical (unpaired) electrons. The van der Waals surface area contributed by atoms with E-state index in [1.807, 2.05) is 13.8 Å². The molecule has 0 bridgehead atoms. The van der Waals surface area contributed by atoms with Crippen molar-refractivity contribution in [3.63, 3.8) is 0 Å². The van der Waals surface area contributed by atoms with Crippen LogP contribution in [0.5, 0.6) is 5.75 Å². The van der Waals surface area contributed by atoms with Crippen LogP contribution in [0.25, 0.3) is 22.1 Å². The van der Waals surface area contributed by atoms with Gasteiger partial charge in [0.25, 0.3) is 0 Å². The maximum absolute atomic E-state index is 13.3. The van der Waals surface area contributed by atoms with Crippen molar-refractivity contribution in [3.8, 4) is 16.9 Å². The molecule has 1 heterocycles.